The van der Waals surface area contributed by atoms with Crippen molar-refractivity contribution in [2.45, 2.75) is 43.1 Å². The summed E-state index contributed by atoms with van der Waals surface area (Å²) < 4.78 is 0. The van der Waals surface area contributed by atoms with Crippen LogP contribution in [0.3, 0.4) is 0 Å². The van der Waals surface area contributed by atoms with Crippen molar-refractivity contribution in [2.75, 3.05) is 19.6 Å². The molecule has 0 bridgehead atoms. The Morgan fingerprint density at radius 1 is 0.872 bits per heavy atom. The number of carbonyl (C=O) groups is 3. The standard InChI is InChI=1S/C33H35N3O3/c1-2-21-34-32(39)33(25-13-7-4-8-14-25)20-17-28(27-15-9-10-16-29(27)33)31(38)36-22-18-26(19-23-36)35-30(37)24-11-5-3-6-12-24/h2-16,26,28H,1,17-23H2,(H,34,39)(H,35,37)/t28-,33-/m0/s1. The first-order chi connectivity index (χ1) is 19.0. The van der Waals surface area contributed by atoms with E-state index in [0.29, 0.717) is 38.0 Å². The van der Waals surface area contributed by atoms with E-state index in [-0.39, 0.29) is 29.7 Å². The minimum atomic E-state index is -0.869. The molecule has 5 rings (SSSR count). The van der Waals surface area contributed by atoms with E-state index in [9.17, 15) is 14.4 Å². The van der Waals surface area contributed by atoms with E-state index >= 15 is 0 Å². The zero-order chi connectivity index (χ0) is 27.2. The van der Waals surface area contributed by atoms with Crippen molar-refractivity contribution in [1.29, 1.82) is 0 Å². The quantitative estimate of drug-likeness (QED) is 0.447. The van der Waals surface area contributed by atoms with Gasteiger partial charge in [-0.2, -0.15) is 0 Å². The average Bonchev–Trinajstić information content (AvgIpc) is 3.00. The van der Waals surface area contributed by atoms with Gasteiger partial charge in [0.15, 0.2) is 0 Å². The molecule has 200 valence electrons. The highest BCUT2D eigenvalue weighted by Crippen LogP contribution is 2.47. The maximum Gasteiger partial charge on any atom is 0.251 e. The molecule has 2 atom stereocenters. The molecule has 3 aromatic rings. The number of fused-ring (bicyclic) bond motifs is 1. The summed E-state index contributed by atoms with van der Waals surface area (Å²) in [5.74, 6) is -0.348. The molecule has 6 heteroatoms. The van der Waals surface area contributed by atoms with Gasteiger partial charge in [-0.3, -0.25) is 14.4 Å². The normalized spacial score (nSPS) is 20.9. The summed E-state index contributed by atoms with van der Waals surface area (Å²) in [5.41, 5.74) is 2.53. The van der Waals surface area contributed by atoms with Gasteiger partial charge in [0.05, 0.1) is 11.3 Å². The van der Waals surface area contributed by atoms with Crippen LogP contribution in [0.5, 0.6) is 0 Å². The molecule has 3 aromatic carbocycles. The minimum absolute atomic E-state index is 0.0414. The van der Waals surface area contributed by atoms with Gasteiger partial charge in [-0.15, -0.1) is 6.58 Å². The molecule has 2 aliphatic rings. The van der Waals surface area contributed by atoms with Crippen molar-refractivity contribution in [3.63, 3.8) is 0 Å². The van der Waals surface area contributed by atoms with E-state index in [1.807, 2.05) is 89.8 Å². The SMILES string of the molecule is C=CCNC(=O)[C@]1(c2ccccc2)CC[C@H](C(=O)N2CCC(NC(=O)c3ccccc3)CC2)c2ccccc21. The molecule has 0 aromatic heterocycles. The van der Waals surface area contributed by atoms with Crippen molar-refractivity contribution >= 4 is 17.7 Å². The third-order valence-electron chi connectivity index (χ3n) is 8.14. The predicted octanol–water partition coefficient (Wildman–Crippen LogP) is 4.57. The first kappa shape index (κ1) is 26.4. The first-order valence-corrected chi connectivity index (χ1v) is 13.7. The lowest BCUT2D eigenvalue weighted by Gasteiger charge is -2.42. The number of rotatable bonds is 7. The van der Waals surface area contributed by atoms with E-state index in [4.69, 9.17) is 0 Å². The molecule has 1 heterocycles. The fourth-order valence-electron chi connectivity index (χ4n) is 6.13. The van der Waals surface area contributed by atoms with Gasteiger partial charge in [0.1, 0.15) is 0 Å². The van der Waals surface area contributed by atoms with E-state index < -0.39 is 5.41 Å². The maximum atomic E-state index is 13.9. The summed E-state index contributed by atoms with van der Waals surface area (Å²) in [7, 11) is 0. The van der Waals surface area contributed by atoms with Gasteiger partial charge in [0, 0.05) is 31.2 Å². The number of benzene rings is 3. The molecule has 0 unspecified atom stereocenters. The van der Waals surface area contributed by atoms with Gasteiger partial charge in [0.2, 0.25) is 11.8 Å². The van der Waals surface area contributed by atoms with Crippen LogP contribution in [0.1, 0.15) is 58.6 Å². The molecule has 1 fully saturated rings. The Morgan fingerprint density at radius 3 is 2.21 bits per heavy atom. The molecule has 6 nitrogen and oxygen atoms in total. The molecule has 0 radical (unpaired) electrons. The molecule has 1 aliphatic heterocycles. The van der Waals surface area contributed by atoms with Gasteiger partial charge in [-0.05, 0) is 54.5 Å². The number of carbonyl (C=O) groups excluding carboxylic acids is 3. The number of piperidine rings is 1. The molecule has 1 aliphatic carbocycles. The van der Waals surface area contributed by atoms with Crippen LogP contribution in [0.4, 0.5) is 0 Å². The zero-order valence-electron chi connectivity index (χ0n) is 22.1. The van der Waals surface area contributed by atoms with E-state index in [2.05, 4.69) is 17.2 Å². The fraction of sp³-hybridized carbons (Fsp3) is 0.303. The van der Waals surface area contributed by atoms with Crippen molar-refractivity contribution < 1.29 is 14.4 Å². The summed E-state index contributed by atoms with van der Waals surface area (Å²) in [6.45, 7) is 5.33. The molecule has 2 N–H and O–H groups in total. The molecular formula is C33H35N3O3. The van der Waals surface area contributed by atoms with Crippen molar-refractivity contribution in [1.82, 2.24) is 15.5 Å². The molecular weight excluding hydrogens is 486 g/mol. The summed E-state index contributed by atoms with van der Waals surface area (Å²) >= 11 is 0. The molecule has 3 amide bonds. The Labute approximate surface area is 230 Å². The zero-order valence-corrected chi connectivity index (χ0v) is 22.1. The second kappa shape index (κ2) is 11.7. The van der Waals surface area contributed by atoms with Crippen molar-refractivity contribution in [3.8, 4) is 0 Å². The van der Waals surface area contributed by atoms with Gasteiger partial charge >= 0.3 is 0 Å². The Kier molecular flexibility index (Phi) is 7.92. The molecule has 1 saturated heterocycles. The van der Waals surface area contributed by atoms with Crippen LogP contribution in [0, 0.1) is 0 Å². The van der Waals surface area contributed by atoms with Gasteiger partial charge in [-0.1, -0.05) is 78.9 Å². The maximum absolute atomic E-state index is 13.9. The number of hydrogen-bond acceptors (Lipinski definition) is 3. The minimum Gasteiger partial charge on any atom is -0.352 e. The summed E-state index contributed by atoms with van der Waals surface area (Å²) in [6.07, 6.45) is 4.24. The lowest BCUT2D eigenvalue weighted by atomic mass is 9.62. The molecule has 0 saturated carbocycles. The number of nitrogens with zero attached hydrogens (tertiary/aromatic N) is 1. The Balaban J connectivity index is 1.34. The number of likely N-dealkylation sites (tertiary alicyclic amines) is 1. The Bertz CT molecular complexity index is 1330. The van der Waals surface area contributed by atoms with Crippen molar-refractivity contribution in [3.05, 3.63) is 120 Å². The smallest absolute Gasteiger partial charge is 0.251 e. The summed E-state index contributed by atoms with van der Waals surface area (Å²) in [5, 5.41) is 6.15. The predicted molar refractivity (Wildman–Crippen MR) is 152 cm³/mol. The Morgan fingerprint density at radius 2 is 1.51 bits per heavy atom. The molecule has 39 heavy (non-hydrogen) atoms. The van der Waals surface area contributed by atoms with Crippen molar-refractivity contribution in [2.24, 2.45) is 0 Å². The monoisotopic (exact) mass is 521 g/mol. The Hall–Kier alpha value is -4.19. The van der Waals surface area contributed by atoms with Gasteiger partial charge in [0.25, 0.3) is 5.91 Å². The average molecular weight is 522 g/mol. The van der Waals surface area contributed by atoms with Crippen LogP contribution in [0.25, 0.3) is 0 Å². The van der Waals surface area contributed by atoms with Crippen LogP contribution in [0.2, 0.25) is 0 Å². The van der Waals surface area contributed by atoms with Crippen LogP contribution in [0.15, 0.2) is 97.6 Å². The highest BCUT2D eigenvalue weighted by Gasteiger charge is 2.48. The van der Waals surface area contributed by atoms with Crippen LogP contribution in [-0.4, -0.2) is 48.3 Å². The van der Waals surface area contributed by atoms with Crippen LogP contribution in [-0.2, 0) is 15.0 Å². The third-order valence-corrected chi connectivity index (χ3v) is 8.14. The lowest BCUT2D eigenvalue weighted by molar-refractivity contribution is -0.135. The fourth-order valence-corrected chi connectivity index (χ4v) is 6.13. The topological polar surface area (TPSA) is 78.5 Å². The van der Waals surface area contributed by atoms with Gasteiger partial charge < -0.3 is 15.5 Å². The van der Waals surface area contributed by atoms with E-state index in [0.717, 1.165) is 29.5 Å². The number of amides is 3. The van der Waals surface area contributed by atoms with Crippen LogP contribution < -0.4 is 10.6 Å². The van der Waals surface area contributed by atoms with E-state index in [1.165, 1.54) is 0 Å². The second-order valence-electron chi connectivity index (χ2n) is 10.4. The van der Waals surface area contributed by atoms with E-state index in [1.54, 1.807) is 6.08 Å². The largest absolute Gasteiger partial charge is 0.352 e. The second-order valence-corrected chi connectivity index (χ2v) is 10.4. The number of hydrogen-bond donors (Lipinski definition) is 2. The van der Waals surface area contributed by atoms with Crippen LogP contribution >= 0.6 is 0 Å². The van der Waals surface area contributed by atoms with Gasteiger partial charge in [-0.25, -0.2) is 0 Å². The highest BCUT2D eigenvalue weighted by molar-refractivity contribution is 5.95. The first-order valence-electron chi connectivity index (χ1n) is 13.7. The highest BCUT2D eigenvalue weighted by atomic mass is 16.2. The number of nitrogens with one attached hydrogen (secondary N) is 2. The summed E-state index contributed by atoms with van der Waals surface area (Å²) in [6, 6.07) is 27.0. The summed E-state index contributed by atoms with van der Waals surface area (Å²) in [4.78, 5) is 42.2. The lowest BCUT2D eigenvalue weighted by Crippen LogP contribution is -2.51. The molecule has 0 spiro atoms. The third kappa shape index (κ3) is 5.24.